The first-order valence-electron chi connectivity index (χ1n) is 8.86. The van der Waals surface area contributed by atoms with Crippen LogP contribution in [0.1, 0.15) is 32.0 Å². The van der Waals surface area contributed by atoms with Gasteiger partial charge < -0.3 is 9.88 Å². The van der Waals surface area contributed by atoms with Gasteiger partial charge in [0.25, 0.3) is 0 Å². The minimum absolute atomic E-state index is 0.0725. The smallest absolute Gasteiger partial charge is 0.221 e. The lowest BCUT2D eigenvalue weighted by atomic mass is 10.3. The van der Waals surface area contributed by atoms with Gasteiger partial charge in [0.05, 0.1) is 17.6 Å². The molecular formula is C18H26N4O2. The van der Waals surface area contributed by atoms with Gasteiger partial charge in [0.15, 0.2) is 0 Å². The van der Waals surface area contributed by atoms with Gasteiger partial charge in [-0.15, -0.1) is 0 Å². The van der Waals surface area contributed by atoms with Crippen molar-refractivity contribution in [3.05, 3.63) is 30.1 Å². The molecule has 0 radical (unpaired) electrons. The van der Waals surface area contributed by atoms with E-state index in [4.69, 9.17) is 4.84 Å². The van der Waals surface area contributed by atoms with Crippen LogP contribution in [0.3, 0.4) is 0 Å². The average molecular weight is 330 g/mol. The van der Waals surface area contributed by atoms with Crippen LogP contribution < -0.4 is 5.32 Å². The Morgan fingerprint density at radius 2 is 2.21 bits per heavy atom. The molecule has 1 aromatic carbocycles. The molecule has 0 unspecified atom stereocenters. The number of aromatic nitrogens is 2. The number of hydrogen-bond acceptors (Lipinski definition) is 4. The van der Waals surface area contributed by atoms with Crippen LogP contribution in [-0.4, -0.2) is 46.8 Å². The van der Waals surface area contributed by atoms with Crippen molar-refractivity contribution in [1.82, 2.24) is 19.9 Å². The minimum Gasteiger partial charge on any atom is -0.356 e. The molecule has 130 valence electrons. The number of nitrogens with zero attached hydrogens (tertiary/aromatic N) is 3. The van der Waals surface area contributed by atoms with Gasteiger partial charge >= 0.3 is 0 Å². The van der Waals surface area contributed by atoms with Gasteiger partial charge in [0.1, 0.15) is 5.82 Å². The minimum atomic E-state index is 0.0725. The fourth-order valence-corrected chi connectivity index (χ4v) is 3.12. The molecular weight excluding hydrogens is 304 g/mol. The summed E-state index contributed by atoms with van der Waals surface area (Å²) in [7, 11) is 0. The van der Waals surface area contributed by atoms with E-state index in [1.54, 1.807) is 0 Å². The summed E-state index contributed by atoms with van der Waals surface area (Å²) < 4.78 is 2.21. The van der Waals surface area contributed by atoms with E-state index in [9.17, 15) is 4.79 Å². The first-order valence-corrected chi connectivity index (χ1v) is 8.86. The molecule has 1 aromatic heterocycles. The maximum atomic E-state index is 12.0. The highest BCUT2D eigenvalue weighted by molar-refractivity contribution is 5.76. The number of para-hydroxylation sites is 2. The van der Waals surface area contributed by atoms with Gasteiger partial charge in [-0.25, -0.2) is 4.98 Å². The number of nitrogens with one attached hydrogen (secondary N) is 1. The van der Waals surface area contributed by atoms with Gasteiger partial charge in [-0.3, -0.25) is 9.63 Å². The number of hydrogen-bond donors (Lipinski definition) is 1. The van der Waals surface area contributed by atoms with Gasteiger partial charge in [-0.05, 0) is 31.9 Å². The van der Waals surface area contributed by atoms with E-state index in [1.165, 1.54) is 0 Å². The van der Waals surface area contributed by atoms with Gasteiger partial charge in [-0.1, -0.05) is 12.1 Å². The lowest BCUT2D eigenvalue weighted by Gasteiger charge is -2.25. The predicted octanol–water partition coefficient (Wildman–Crippen LogP) is 2.13. The van der Waals surface area contributed by atoms with Crippen LogP contribution in [0, 0.1) is 0 Å². The van der Waals surface area contributed by atoms with Crippen molar-refractivity contribution in [3.8, 4) is 0 Å². The molecule has 2 heterocycles. The second-order valence-electron chi connectivity index (χ2n) is 6.08. The third kappa shape index (κ3) is 4.13. The summed E-state index contributed by atoms with van der Waals surface area (Å²) in [6.07, 6.45) is 3.48. The number of fused-ring (bicyclic) bond motifs is 1. The highest BCUT2D eigenvalue weighted by Crippen LogP contribution is 2.16. The van der Waals surface area contributed by atoms with Crippen LogP contribution in [0.2, 0.25) is 0 Å². The highest BCUT2D eigenvalue weighted by Gasteiger charge is 2.13. The monoisotopic (exact) mass is 330 g/mol. The van der Waals surface area contributed by atoms with Crippen molar-refractivity contribution in [2.75, 3.05) is 26.2 Å². The summed E-state index contributed by atoms with van der Waals surface area (Å²) in [4.78, 5) is 22.2. The van der Waals surface area contributed by atoms with Gasteiger partial charge in [0, 0.05) is 39.0 Å². The average Bonchev–Trinajstić information content (AvgIpc) is 2.98. The fourth-order valence-electron chi connectivity index (χ4n) is 3.12. The van der Waals surface area contributed by atoms with Crippen molar-refractivity contribution in [2.45, 2.75) is 39.2 Å². The molecule has 0 saturated carbocycles. The van der Waals surface area contributed by atoms with E-state index < -0.39 is 0 Å². The molecule has 3 rings (SSSR count). The van der Waals surface area contributed by atoms with Crippen molar-refractivity contribution in [3.63, 3.8) is 0 Å². The van der Waals surface area contributed by atoms with E-state index in [2.05, 4.69) is 27.9 Å². The lowest BCUT2D eigenvalue weighted by Crippen LogP contribution is -2.35. The molecule has 1 aliphatic rings. The SMILES string of the molecule is CCn1c(CCNC(=O)CCN2CCCCO2)nc2ccccc21. The van der Waals surface area contributed by atoms with Crippen molar-refractivity contribution >= 4 is 16.9 Å². The second kappa shape index (κ2) is 8.26. The second-order valence-corrected chi connectivity index (χ2v) is 6.08. The maximum Gasteiger partial charge on any atom is 0.221 e. The molecule has 0 aliphatic carbocycles. The highest BCUT2D eigenvalue weighted by atomic mass is 16.7. The van der Waals surface area contributed by atoms with Crippen LogP contribution in [0.15, 0.2) is 24.3 Å². The normalized spacial score (nSPS) is 15.7. The topological polar surface area (TPSA) is 59.4 Å². The third-order valence-corrected chi connectivity index (χ3v) is 4.38. The predicted molar refractivity (Wildman–Crippen MR) is 93.5 cm³/mol. The fraction of sp³-hybridized carbons (Fsp3) is 0.556. The van der Waals surface area contributed by atoms with Crippen LogP contribution in [0.5, 0.6) is 0 Å². The van der Waals surface area contributed by atoms with Crippen molar-refractivity contribution in [1.29, 1.82) is 0 Å². The molecule has 1 amide bonds. The van der Waals surface area contributed by atoms with E-state index >= 15 is 0 Å². The molecule has 24 heavy (non-hydrogen) atoms. The number of amides is 1. The van der Waals surface area contributed by atoms with Crippen LogP contribution in [-0.2, 0) is 22.6 Å². The van der Waals surface area contributed by atoms with E-state index in [1.807, 2.05) is 23.3 Å². The summed E-state index contributed by atoms with van der Waals surface area (Å²) >= 11 is 0. The molecule has 1 saturated heterocycles. The van der Waals surface area contributed by atoms with Gasteiger partial charge in [0.2, 0.25) is 5.91 Å². The number of aryl methyl sites for hydroxylation is 1. The summed E-state index contributed by atoms with van der Waals surface area (Å²) in [5.41, 5.74) is 2.17. The van der Waals surface area contributed by atoms with Crippen LogP contribution in [0.25, 0.3) is 11.0 Å². The van der Waals surface area contributed by atoms with Crippen LogP contribution >= 0.6 is 0 Å². The van der Waals surface area contributed by atoms with E-state index in [-0.39, 0.29) is 5.91 Å². The quantitative estimate of drug-likeness (QED) is 0.845. The Morgan fingerprint density at radius 3 is 3.00 bits per heavy atom. The number of imidazole rings is 1. The van der Waals surface area contributed by atoms with E-state index in [0.717, 1.165) is 55.8 Å². The Balaban J connectivity index is 1.46. The van der Waals surface area contributed by atoms with Crippen molar-refractivity contribution < 1.29 is 9.63 Å². The molecule has 6 heteroatoms. The molecule has 1 fully saturated rings. The van der Waals surface area contributed by atoms with E-state index in [0.29, 0.717) is 19.5 Å². The zero-order valence-electron chi connectivity index (χ0n) is 14.3. The lowest BCUT2D eigenvalue weighted by molar-refractivity contribution is -0.181. The number of benzene rings is 1. The zero-order valence-corrected chi connectivity index (χ0v) is 14.3. The number of hydroxylamine groups is 2. The number of carbonyl (C=O) groups is 1. The molecule has 0 atom stereocenters. The standard InChI is InChI=1S/C18H26N4O2/c1-2-22-16-8-4-3-7-15(16)20-17(22)9-11-19-18(23)10-13-21-12-5-6-14-24-21/h3-4,7-8H,2,5-6,9-14H2,1H3,(H,19,23). The number of carbonyl (C=O) groups excluding carboxylic acids is 1. The summed E-state index contributed by atoms with van der Waals surface area (Å²) in [6, 6.07) is 8.16. The Morgan fingerprint density at radius 1 is 1.33 bits per heavy atom. The first kappa shape index (κ1) is 16.9. The molecule has 0 spiro atoms. The summed E-state index contributed by atoms with van der Waals surface area (Å²) in [6.45, 7) is 5.98. The first-order chi connectivity index (χ1) is 11.8. The Bertz CT molecular complexity index is 677. The number of rotatable bonds is 7. The molecule has 0 bridgehead atoms. The molecule has 1 N–H and O–H groups in total. The summed E-state index contributed by atoms with van der Waals surface area (Å²) in [5, 5.41) is 4.89. The molecule has 2 aromatic rings. The van der Waals surface area contributed by atoms with Crippen molar-refractivity contribution in [2.24, 2.45) is 0 Å². The maximum absolute atomic E-state index is 12.0. The Hall–Kier alpha value is -1.92. The molecule has 1 aliphatic heterocycles. The Kier molecular flexibility index (Phi) is 5.82. The molecule has 6 nitrogen and oxygen atoms in total. The largest absolute Gasteiger partial charge is 0.356 e. The third-order valence-electron chi connectivity index (χ3n) is 4.38. The van der Waals surface area contributed by atoms with Crippen LogP contribution in [0.4, 0.5) is 0 Å². The summed E-state index contributed by atoms with van der Waals surface area (Å²) in [5.74, 6) is 1.10. The van der Waals surface area contributed by atoms with Gasteiger partial charge in [-0.2, -0.15) is 5.06 Å². The Labute approximate surface area is 142 Å². The zero-order chi connectivity index (χ0) is 16.8.